The van der Waals surface area contributed by atoms with Crippen molar-refractivity contribution in [3.05, 3.63) is 23.2 Å². The monoisotopic (exact) mass is 389 g/mol. The Labute approximate surface area is 156 Å². The fraction of sp³-hybridized carbons (Fsp3) is 0.611. The Kier molecular flexibility index (Phi) is 5.85. The van der Waals surface area contributed by atoms with E-state index >= 15 is 0 Å². The lowest BCUT2D eigenvalue weighted by atomic mass is 9.84. The van der Waals surface area contributed by atoms with Gasteiger partial charge in [0.1, 0.15) is 0 Å². The molecule has 144 valence electrons. The van der Waals surface area contributed by atoms with Crippen LogP contribution in [0, 0.1) is 5.92 Å². The van der Waals surface area contributed by atoms with Crippen LogP contribution in [-0.2, 0) is 0 Å². The lowest BCUT2D eigenvalue weighted by Crippen LogP contribution is -2.49. The maximum absolute atomic E-state index is 13.2. The molecule has 0 aromatic heterocycles. The summed E-state index contributed by atoms with van der Waals surface area (Å²) < 4.78 is 39.6. The summed E-state index contributed by atoms with van der Waals surface area (Å²) in [5.74, 6) is -1.49. The van der Waals surface area contributed by atoms with Crippen molar-refractivity contribution < 1.29 is 18.0 Å². The molecule has 0 unspecified atom stereocenters. The molecule has 1 aliphatic heterocycles. The third kappa shape index (κ3) is 4.55. The van der Waals surface area contributed by atoms with E-state index in [-0.39, 0.29) is 6.42 Å². The highest BCUT2D eigenvalue weighted by molar-refractivity contribution is 6.31. The van der Waals surface area contributed by atoms with Gasteiger partial charge in [0.25, 0.3) is 0 Å². The summed E-state index contributed by atoms with van der Waals surface area (Å²) in [6.07, 6.45) is -0.524. The lowest BCUT2D eigenvalue weighted by molar-refractivity contribution is -0.187. The molecule has 0 radical (unpaired) electrons. The Balaban J connectivity index is 1.70. The van der Waals surface area contributed by atoms with Gasteiger partial charge in [-0.2, -0.15) is 13.2 Å². The molecule has 1 aromatic rings. The van der Waals surface area contributed by atoms with Crippen LogP contribution in [-0.4, -0.2) is 31.3 Å². The van der Waals surface area contributed by atoms with Crippen LogP contribution < -0.4 is 15.5 Å². The number of hydrogen-bond acceptors (Lipinski definition) is 2. The highest BCUT2D eigenvalue weighted by Crippen LogP contribution is 2.38. The molecule has 26 heavy (non-hydrogen) atoms. The van der Waals surface area contributed by atoms with Crippen molar-refractivity contribution in [1.29, 1.82) is 0 Å². The van der Waals surface area contributed by atoms with Gasteiger partial charge in [0.05, 0.1) is 17.3 Å². The van der Waals surface area contributed by atoms with Gasteiger partial charge in [-0.15, -0.1) is 0 Å². The molecule has 1 saturated heterocycles. The van der Waals surface area contributed by atoms with Crippen molar-refractivity contribution in [1.82, 2.24) is 5.32 Å². The van der Waals surface area contributed by atoms with E-state index in [1.807, 2.05) is 6.07 Å². The Morgan fingerprint density at radius 2 is 1.81 bits per heavy atom. The fourth-order valence-corrected chi connectivity index (χ4v) is 4.04. The largest absolute Gasteiger partial charge is 0.393 e. The molecule has 8 heteroatoms. The molecule has 2 aliphatic rings. The van der Waals surface area contributed by atoms with Gasteiger partial charge < -0.3 is 15.5 Å². The fourth-order valence-electron chi connectivity index (χ4n) is 3.86. The van der Waals surface area contributed by atoms with Crippen LogP contribution >= 0.6 is 11.6 Å². The molecule has 2 N–H and O–H groups in total. The molecule has 1 aliphatic carbocycles. The van der Waals surface area contributed by atoms with Crippen molar-refractivity contribution in [3.63, 3.8) is 0 Å². The summed E-state index contributed by atoms with van der Waals surface area (Å²) in [4.78, 5) is 14.5. The van der Waals surface area contributed by atoms with Crippen molar-refractivity contribution in [2.45, 2.75) is 50.7 Å². The minimum absolute atomic E-state index is 0.0602. The first kappa shape index (κ1) is 19.1. The highest BCUT2D eigenvalue weighted by atomic mass is 35.5. The molecular weight excluding hydrogens is 367 g/mol. The zero-order valence-electron chi connectivity index (χ0n) is 14.4. The van der Waals surface area contributed by atoms with E-state index in [0.717, 1.165) is 31.6 Å². The summed E-state index contributed by atoms with van der Waals surface area (Å²) in [5.41, 5.74) is 1.37. The lowest BCUT2D eigenvalue weighted by Gasteiger charge is -2.33. The highest BCUT2D eigenvalue weighted by Gasteiger charge is 2.46. The van der Waals surface area contributed by atoms with E-state index < -0.39 is 24.2 Å². The van der Waals surface area contributed by atoms with Gasteiger partial charge in [0.2, 0.25) is 0 Å². The van der Waals surface area contributed by atoms with Crippen LogP contribution in [0.5, 0.6) is 0 Å². The SMILES string of the molecule is O=C(Nc1cc(Cl)ccc1N1CCCC1)N[C@H]1CCCC[C@@H]1C(F)(F)F. The molecule has 1 saturated carbocycles. The smallest absolute Gasteiger partial charge is 0.370 e. The number of nitrogens with one attached hydrogen (secondary N) is 2. The van der Waals surface area contributed by atoms with Gasteiger partial charge in [-0.1, -0.05) is 24.4 Å². The van der Waals surface area contributed by atoms with Gasteiger partial charge in [-0.3, -0.25) is 0 Å². The second-order valence-electron chi connectivity index (χ2n) is 6.99. The number of carbonyl (C=O) groups is 1. The Hall–Kier alpha value is -1.63. The van der Waals surface area contributed by atoms with E-state index in [2.05, 4.69) is 15.5 Å². The van der Waals surface area contributed by atoms with Crippen molar-refractivity contribution in [3.8, 4) is 0 Å². The van der Waals surface area contributed by atoms with Gasteiger partial charge in [-0.25, -0.2) is 4.79 Å². The summed E-state index contributed by atoms with van der Waals surface area (Å²) in [6.45, 7) is 1.77. The number of nitrogens with zero attached hydrogens (tertiary/aromatic N) is 1. The normalized spacial score (nSPS) is 23.8. The first-order valence-electron chi connectivity index (χ1n) is 9.03. The van der Waals surface area contributed by atoms with Crippen LogP contribution in [0.15, 0.2) is 18.2 Å². The van der Waals surface area contributed by atoms with Gasteiger partial charge in [-0.05, 0) is 43.9 Å². The van der Waals surface area contributed by atoms with Crippen LogP contribution in [0.1, 0.15) is 38.5 Å². The van der Waals surface area contributed by atoms with Gasteiger partial charge in [0, 0.05) is 24.2 Å². The first-order chi connectivity index (χ1) is 12.3. The summed E-state index contributed by atoms with van der Waals surface area (Å²) in [7, 11) is 0. The molecule has 4 nitrogen and oxygen atoms in total. The van der Waals surface area contributed by atoms with Gasteiger partial charge >= 0.3 is 12.2 Å². The van der Waals surface area contributed by atoms with Crippen LogP contribution in [0.2, 0.25) is 5.02 Å². The third-order valence-electron chi connectivity index (χ3n) is 5.16. The number of urea groups is 1. The Bertz CT molecular complexity index is 647. The van der Waals surface area contributed by atoms with E-state index in [9.17, 15) is 18.0 Å². The second kappa shape index (κ2) is 7.94. The zero-order valence-corrected chi connectivity index (χ0v) is 15.2. The zero-order chi connectivity index (χ0) is 18.7. The summed E-state index contributed by atoms with van der Waals surface area (Å²) in [6, 6.07) is 3.71. The number of amides is 2. The van der Waals surface area contributed by atoms with Crippen LogP contribution in [0.25, 0.3) is 0 Å². The summed E-state index contributed by atoms with van der Waals surface area (Å²) >= 11 is 6.04. The molecule has 3 rings (SSSR count). The quantitative estimate of drug-likeness (QED) is 0.747. The second-order valence-corrected chi connectivity index (χ2v) is 7.43. The van der Waals surface area contributed by atoms with Crippen molar-refractivity contribution >= 4 is 29.0 Å². The van der Waals surface area contributed by atoms with Crippen molar-refractivity contribution in [2.24, 2.45) is 5.92 Å². The van der Waals surface area contributed by atoms with E-state index in [1.165, 1.54) is 0 Å². The Morgan fingerprint density at radius 1 is 1.12 bits per heavy atom. The minimum atomic E-state index is -4.30. The number of benzene rings is 1. The van der Waals surface area contributed by atoms with Crippen molar-refractivity contribution in [2.75, 3.05) is 23.3 Å². The molecule has 1 heterocycles. The Morgan fingerprint density at radius 3 is 2.50 bits per heavy atom. The average molecular weight is 390 g/mol. The first-order valence-corrected chi connectivity index (χ1v) is 9.41. The van der Waals surface area contributed by atoms with Gasteiger partial charge in [0.15, 0.2) is 0 Å². The number of rotatable bonds is 3. The molecule has 0 spiro atoms. The maximum atomic E-state index is 13.2. The standard InChI is InChI=1S/C18H23ClF3N3O/c19-12-7-8-16(25-9-3-4-10-25)15(11-12)24-17(26)23-14-6-2-1-5-13(14)18(20,21)22/h7-8,11,13-14H,1-6,9-10H2,(H2,23,24,26)/t13-,14-/m0/s1. The van der Waals surface area contributed by atoms with E-state index in [4.69, 9.17) is 11.6 Å². The third-order valence-corrected chi connectivity index (χ3v) is 5.39. The molecule has 1 aromatic carbocycles. The molecular formula is C18H23ClF3N3O. The number of anilines is 2. The number of alkyl halides is 3. The van der Waals surface area contributed by atoms with Crippen LogP contribution in [0.4, 0.5) is 29.3 Å². The topological polar surface area (TPSA) is 44.4 Å². The van der Waals surface area contributed by atoms with E-state index in [0.29, 0.717) is 30.0 Å². The maximum Gasteiger partial charge on any atom is 0.393 e. The van der Waals surface area contributed by atoms with Crippen LogP contribution in [0.3, 0.4) is 0 Å². The minimum Gasteiger partial charge on any atom is -0.370 e. The predicted octanol–water partition coefficient (Wildman–Crippen LogP) is 5.18. The van der Waals surface area contributed by atoms with E-state index in [1.54, 1.807) is 12.1 Å². The molecule has 0 bridgehead atoms. The number of halogens is 4. The predicted molar refractivity (Wildman–Crippen MR) is 96.9 cm³/mol. The average Bonchev–Trinajstić information content (AvgIpc) is 3.08. The molecule has 2 fully saturated rings. The summed E-state index contributed by atoms with van der Waals surface area (Å²) in [5, 5.41) is 5.70. The number of hydrogen-bond donors (Lipinski definition) is 2. The molecule has 2 amide bonds. The number of carbonyl (C=O) groups excluding carboxylic acids is 1. The molecule has 2 atom stereocenters.